The van der Waals surface area contributed by atoms with E-state index in [9.17, 15) is 0 Å². The summed E-state index contributed by atoms with van der Waals surface area (Å²) in [6.45, 7) is 6.42. The molecule has 0 unspecified atom stereocenters. The molecule has 1 aromatic carbocycles. The third kappa shape index (κ3) is 4.73. The van der Waals surface area contributed by atoms with Crippen molar-refractivity contribution in [3.8, 4) is 0 Å². The summed E-state index contributed by atoms with van der Waals surface area (Å²) in [5.74, 6) is 0. The van der Waals surface area contributed by atoms with Crippen LogP contribution in [-0.2, 0) is 0 Å². The van der Waals surface area contributed by atoms with E-state index in [1.54, 1.807) is 0 Å². The Kier molecular flexibility index (Phi) is 3.55. The van der Waals surface area contributed by atoms with Gasteiger partial charge in [-0.15, -0.1) is 0 Å². The van der Waals surface area contributed by atoms with Crippen molar-refractivity contribution < 1.29 is 0 Å². The summed E-state index contributed by atoms with van der Waals surface area (Å²) in [7, 11) is 0. The van der Waals surface area contributed by atoms with Gasteiger partial charge >= 0.3 is 0 Å². The average Bonchev–Trinajstić information content (AvgIpc) is 2.04. The Hall–Kier alpha value is -0.760. The van der Waals surface area contributed by atoms with Crippen LogP contribution in [-0.4, -0.2) is 6.21 Å². The molecule has 0 spiro atoms. The topological polar surface area (TPSA) is 12.4 Å². The third-order valence-electron chi connectivity index (χ3n) is 1.34. The van der Waals surface area contributed by atoms with Gasteiger partial charge in [0.25, 0.3) is 0 Å². The lowest BCUT2D eigenvalue weighted by Crippen LogP contribution is -2.04. The molecule has 2 heteroatoms. The number of rotatable bonds is 2. The highest BCUT2D eigenvalue weighted by molar-refractivity contribution is 7.98. The van der Waals surface area contributed by atoms with Crippen LogP contribution >= 0.6 is 11.9 Å². The van der Waals surface area contributed by atoms with Gasteiger partial charge in [0, 0.05) is 23.1 Å². The van der Waals surface area contributed by atoms with Crippen molar-refractivity contribution in [2.24, 2.45) is 9.81 Å². The molecule has 70 valence electrons. The Morgan fingerprint density at radius 2 is 1.77 bits per heavy atom. The summed E-state index contributed by atoms with van der Waals surface area (Å²) in [4.78, 5) is 1.18. The molecular formula is C11H15NS. The summed E-state index contributed by atoms with van der Waals surface area (Å²) < 4.78 is 4.30. The maximum absolute atomic E-state index is 4.30. The predicted molar refractivity (Wildman–Crippen MR) is 60.2 cm³/mol. The molecule has 0 aromatic heterocycles. The number of hydrogen-bond donors (Lipinski definition) is 0. The van der Waals surface area contributed by atoms with E-state index in [-0.39, 0.29) is 5.41 Å². The predicted octanol–water partition coefficient (Wildman–Crippen LogP) is 3.81. The lowest BCUT2D eigenvalue weighted by Gasteiger charge is -2.08. The summed E-state index contributed by atoms with van der Waals surface area (Å²) >= 11 is 1.52. The van der Waals surface area contributed by atoms with E-state index in [0.717, 1.165) is 0 Å². The molecule has 0 amide bonds. The van der Waals surface area contributed by atoms with Gasteiger partial charge in [-0.2, -0.15) is 0 Å². The first-order valence-corrected chi connectivity index (χ1v) is 5.12. The van der Waals surface area contributed by atoms with Gasteiger partial charge < -0.3 is 0 Å². The van der Waals surface area contributed by atoms with Crippen molar-refractivity contribution in [3.05, 3.63) is 30.3 Å². The second kappa shape index (κ2) is 4.47. The van der Waals surface area contributed by atoms with Crippen LogP contribution in [0, 0.1) is 5.41 Å². The van der Waals surface area contributed by atoms with E-state index < -0.39 is 0 Å². The standard InChI is InChI=1S/C11H15NS/c1-11(2,3)9-12-13-10-7-5-4-6-8-10/h4-9H,1-3H3/b12-9+. The minimum Gasteiger partial charge on any atom is -0.223 e. The molecule has 13 heavy (non-hydrogen) atoms. The van der Waals surface area contributed by atoms with Crippen molar-refractivity contribution in [1.29, 1.82) is 0 Å². The van der Waals surface area contributed by atoms with Crippen LogP contribution in [0.4, 0.5) is 0 Å². The van der Waals surface area contributed by atoms with E-state index in [1.807, 2.05) is 24.4 Å². The SMILES string of the molecule is CC(C)(C)/C=N/Sc1ccccc1. The molecule has 0 saturated carbocycles. The average molecular weight is 193 g/mol. The minimum absolute atomic E-state index is 0.168. The zero-order valence-corrected chi connectivity index (χ0v) is 9.14. The van der Waals surface area contributed by atoms with Crippen molar-refractivity contribution in [2.45, 2.75) is 25.7 Å². The van der Waals surface area contributed by atoms with Crippen molar-refractivity contribution in [1.82, 2.24) is 0 Å². The molecule has 0 saturated heterocycles. The first kappa shape index (κ1) is 10.3. The zero-order chi connectivity index (χ0) is 9.73. The van der Waals surface area contributed by atoms with Gasteiger partial charge in [0.1, 0.15) is 0 Å². The molecular weight excluding hydrogens is 178 g/mol. The van der Waals surface area contributed by atoms with Crippen LogP contribution in [0.25, 0.3) is 0 Å². The second-order valence-electron chi connectivity index (χ2n) is 4.00. The van der Waals surface area contributed by atoms with E-state index in [4.69, 9.17) is 0 Å². The fraction of sp³-hybridized carbons (Fsp3) is 0.364. The van der Waals surface area contributed by atoms with Crippen LogP contribution < -0.4 is 0 Å². The lowest BCUT2D eigenvalue weighted by atomic mass is 10.00. The largest absolute Gasteiger partial charge is 0.223 e. The fourth-order valence-corrected chi connectivity index (χ4v) is 1.50. The van der Waals surface area contributed by atoms with Gasteiger partial charge in [-0.05, 0) is 17.5 Å². The van der Waals surface area contributed by atoms with Gasteiger partial charge in [0.05, 0.1) is 0 Å². The Balaban J connectivity index is 2.49. The Labute approximate surface area is 84.4 Å². The maximum atomic E-state index is 4.30. The minimum atomic E-state index is 0.168. The molecule has 0 bridgehead atoms. The smallest absolute Gasteiger partial charge is 0.0305 e. The number of hydrogen-bond acceptors (Lipinski definition) is 2. The summed E-state index contributed by atoms with van der Waals surface area (Å²) in [6, 6.07) is 10.2. The zero-order valence-electron chi connectivity index (χ0n) is 8.32. The molecule has 0 N–H and O–H groups in total. The van der Waals surface area contributed by atoms with Crippen LogP contribution in [0.5, 0.6) is 0 Å². The van der Waals surface area contributed by atoms with Crippen molar-refractivity contribution in [3.63, 3.8) is 0 Å². The molecule has 0 radical (unpaired) electrons. The summed E-state index contributed by atoms with van der Waals surface area (Å²) in [6.07, 6.45) is 1.98. The monoisotopic (exact) mass is 193 g/mol. The van der Waals surface area contributed by atoms with E-state index >= 15 is 0 Å². The molecule has 0 fully saturated rings. The van der Waals surface area contributed by atoms with Crippen LogP contribution in [0.3, 0.4) is 0 Å². The lowest BCUT2D eigenvalue weighted by molar-refractivity contribution is 0.608. The first-order valence-electron chi connectivity index (χ1n) is 4.34. The first-order chi connectivity index (χ1) is 6.08. The molecule has 1 rings (SSSR count). The maximum Gasteiger partial charge on any atom is 0.0305 e. The van der Waals surface area contributed by atoms with Gasteiger partial charge in [0.2, 0.25) is 0 Å². The molecule has 1 nitrogen and oxygen atoms in total. The number of nitrogens with zero attached hydrogens (tertiary/aromatic N) is 1. The van der Waals surface area contributed by atoms with Gasteiger partial charge in [-0.25, -0.2) is 4.40 Å². The normalized spacial score (nSPS) is 12.2. The summed E-state index contributed by atoms with van der Waals surface area (Å²) in [5.41, 5.74) is 0.168. The highest BCUT2D eigenvalue weighted by Gasteiger charge is 2.04. The Morgan fingerprint density at radius 3 is 2.31 bits per heavy atom. The molecule has 1 aromatic rings. The van der Waals surface area contributed by atoms with Gasteiger partial charge in [-0.1, -0.05) is 39.0 Å². The van der Waals surface area contributed by atoms with E-state index in [1.165, 1.54) is 16.8 Å². The van der Waals surface area contributed by atoms with Crippen LogP contribution in [0.15, 0.2) is 39.6 Å². The fourth-order valence-electron chi connectivity index (χ4n) is 0.727. The van der Waals surface area contributed by atoms with E-state index in [0.29, 0.717) is 0 Å². The number of benzene rings is 1. The van der Waals surface area contributed by atoms with Crippen molar-refractivity contribution >= 4 is 18.2 Å². The summed E-state index contributed by atoms with van der Waals surface area (Å²) in [5, 5.41) is 0. The highest BCUT2D eigenvalue weighted by Crippen LogP contribution is 2.19. The van der Waals surface area contributed by atoms with Gasteiger partial charge in [-0.3, -0.25) is 0 Å². The van der Waals surface area contributed by atoms with Crippen molar-refractivity contribution in [2.75, 3.05) is 0 Å². The quantitative estimate of drug-likeness (QED) is 0.514. The van der Waals surface area contributed by atoms with Crippen LogP contribution in [0.1, 0.15) is 20.8 Å². The molecule has 0 aliphatic heterocycles. The second-order valence-corrected chi connectivity index (χ2v) is 4.87. The van der Waals surface area contributed by atoms with E-state index in [2.05, 4.69) is 37.3 Å². The molecule has 0 heterocycles. The Bertz CT molecular complexity index is 272. The molecule has 0 atom stereocenters. The van der Waals surface area contributed by atoms with Gasteiger partial charge in [0.15, 0.2) is 0 Å². The highest BCUT2D eigenvalue weighted by atomic mass is 32.2. The van der Waals surface area contributed by atoms with Crippen LogP contribution in [0.2, 0.25) is 0 Å². The third-order valence-corrected chi connectivity index (χ3v) is 2.04. The molecule has 0 aliphatic carbocycles. The Morgan fingerprint density at radius 1 is 1.15 bits per heavy atom. The molecule has 0 aliphatic rings.